The summed E-state index contributed by atoms with van der Waals surface area (Å²) in [6, 6.07) is 15.1. The average Bonchev–Trinajstić information content (AvgIpc) is 3.06. The van der Waals surface area contributed by atoms with Gasteiger partial charge in [0.2, 0.25) is 10.0 Å². The Morgan fingerprint density at radius 3 is 2.44 bits per heavy atom. The van der Waals surface area contributed by atoms with E-state index in [1.54, 1.807) is 10.9 Å². The molecule has 0 saturated carbocycles. The number of para-hydroxylation sites is 1. The lowest BCUT2D eigenvalue weighted by atomic mass is 10.2. The van der Waals surface area contributed by atoms with Gasteiger partial charge in [0.25, 0.3) is 0 Å². The van der Waals surface area contributed by atoms with Crippen LogP contribution in [0.2, 0.25) is 0 Å². The Labute approximate surface area is 146 Å². The van der Waals surface area contributed by atoms with E-state index in [9.17, 15) is 12.8 Å². The van der Waals surface area contributed by atoms with Gasteiger partial charge in [0.15, 0.2) is 0 Å². The number of sulfonamides is 1. The number of benzene rings is 2. The molecule has 0 aliphatic carbocycles. The molecule has 0 aliphatic heterocycles. The first-order valence-electron chi connectivity index (χ1n) is 7.83. The van der Waals surface area contributed by atoms with Crippen LogP contribution >= 0.6 is 0 Å². The Morgan fingerprint density at radius 1 is 1.00 bits per heavy atom. The maximum absolute atomic E-state index is 12.9. The Hall–Kier alpha value is -2.51. The van der Waals surface area contributed by atoms with Crippen LogP contribution in [0.1, 0.15) is 11.1 Å². The number of hydrogen-bond acceptors (Lipinski definition) is 3. The SMILES string of the molecule is O=S(=O)(Cc1ccc(F)cc1)NCCc1cnn(-c2ccccc2)c1. The van der Waals surface area contributed by atoms with Crippen molar-refractivity contribution in [3.63, 3.8) is 0 Å². The van der Waals surface area contributed by atoms with Gasteiger partial charge in [-0.25, -0.2) is 22.2 Å². The summed E-state index contributed by atoms with van der Waals surface area (Å²) in [5.74, 6) is -0.555. The molecule has 0 fully saturated rings. The van der Waals surface area contributed by atoms with E-state index in [2.05, 4.69) is 9.82 Å². The second kappa shape index (κ2) is 7.58. The fourth-order valence-electron chi connectivity index (χ4n) is 2.41. The topological polar surface area (TPSA) is 64.0 Å². The first-order valence-corrected chi connectivity index (χ1v) is 9.48. The quantitative estimate of drug-likeness (QED) is 0.705. The van der Waals surface area contributed by atoms with Crippen LogP contribution in [0.5, 0.6) is 0 Å². The average molecular weight is 359 g/mol. The predicted octanol–water partition coefficient (Wildman–Crippen LogP) is 2.67. The summed E-state index contributed by atoms with van der Waals surface area (Å²) in [6.45, 7) is 0.282. The molecule has 0 amide bonds. The Kier molecular flexibility index (Phi) is 5.25. The van der Waals surface area contributed by atoms with Crippen molar-refractivity contribution in [1.82, 2.24) is 14.5 Å². The van der Waals surface area contributed by atoms with Gasteiger partial charge in [-0.2, -0.15) is 5.10 Å². The van der Waals surface area contributed by atoms with Gasteiger partial charge < -0.3 is 0 Å². The number of halogens is 1. The zero-order chi connectivity index (χ0) is 17.7. The molecular weight excluding hydrogens is 341 g/mol. The monoisotopic (exact) mass is 359 g/mol. The second-order valence-electron chi connectivity index (χ2n) is 5.66. The van der Waals surface area contributed by atoms with E-state index >= 15 is 0 Å². The van der Waals surface area contributed by atoms with Gasteiger partial charge >= 0.3 is 0 Å². The van der Waals surface area contributed by atoms with Crippen molar-refractivity contribution in [3.8, 4) is 5.69 Å². The molecule has 3 aromatic rings. The third-order valence-electron chi connectivity index (χ3n) is 3.66. The van der Waals surface area contributed by atoms with Crippen molar-refractivity contribution in [2.24, 2.45) is 0 Å². The molecule has 7 heteroatoms. The minimum Gasteiger partial charge on any atom is -0.241 e. The lowest BCUT2D eigenvalue weighted by Crippen LogP contribution is -2.27. The fraction of sp³-hybridized carbons (Fsp3) is 0.167. The molecule has 2 aromatic carbocycles. The Morgan fingerprint density at radius 2 is 1.72 bits per heavy atom. The largest absolute Gasteiger partial charge is 0.241 e. The maximum atomic E-state index is 12.9. The van der Waals surface area contributed by atoms with Crippen molar-refractivity contribution in [1.29, 1.82) is 0 Å². The Bertz CT molecular complexity index is 922. The minimum absolute atomic E-state index is 0.170. The smallest absolute Gasteiger partial charge is 0.215 e. The highest BCUT2D eigenvalue weighted by Gasteiger charge is 2.11. The van der Waals surface area contributed by atoms with Gasteiger partial charge in [-0.3, -0.25) is 0 Å². The molecule has 0 aliphatic rings. The van der Waals surface area contributed by atoms with E-state index in [1.807, 2.05) is 36.5 Å². The van der Waals surface area contributed by atoms with Crippen LogP contribution in [-0.2, 0) is 22.2 Å². The highest BCUT2D eigenvalue weighted by molar-refractivity contribution is 7.88. The van der Waals surface area contributed by atoms with Gasteiger partial charge in [0, 0.05) is 12.7 Å². The van der Waals surface area contributed by atoms with E-state index in [1.165, 1.54) is 24.3 Å². The lowest BCUT2D eigenvalue weighted by Gasteiger charge is -2.06. The summed E-state index contributed by atoms with van der Waals surface area (Å²) < 4.78 is 41.3. The molecule has 0 radical (unpaired) electrons. The van der Waals surface area contributed by atoms with E-state index in [4.69, 9.17) is 0 Å². The molecule has 130 valence electrons. The van der Waals surface area contributed by atoms with Crippen molar-refractivity contribution < 1.29 is 12.8 Å². The number of nitrogens with one attached hydrogen (secondary N) is 1. The Balaban J connectivity index is 1.54. The standard InChI is InChI=1S/C18H18FN3O2S/c19-17-8-6-15(7-9-17)14-25(23,24)21-11-10-16-12-20-22(13-16)18-4-2-1-3-5-18/h1-9,12-13,21H,10-11,14H2. The first kappa shape index (κ1) is 17.3. The molecule has 0 spiro atoms. The second-order valence-corrected chi connectivity index (χ2v) is 7.47. The fourth-order valence-corrected chi connectivity index (χ4v) is 3.56. The van der Waals surface area contributed by atoms with Crippen LogP contribution in [0.4, 0.5) is 4.39 Å². The third-order valence-corrected chi connectivity index (χ3v) is 5.02. The molecule has 3 rings (SSSR count). The van der Waals surface area contributed by atoms with Crippen molar-refractivity contribution in [2.45, 2.75) is 12.2 Å². The molecule has 0 unspecified atom stereocenters. The zero-order valence-electron chi connectivity index (χ0n) is 13.5. The van der Waals surface area contributed by atoms with Crippen molar-refractivity contribution in [3.05, 3.63) is 83.9 Å². The molecule has 0 bridgehead atoms. The van der Waals surface area contributed by atoms with Gasteiger partial charge in [-0.1, -0.05) is 30.3 Å². The third kappa shape index (κ3) is 4.98. The molecule has 0 atom stereocenters. The van der Waals surface area contributed by atoms with Gasteiger partial charge in [0.1, 0.15) is 5.82 Å². The molecule has 0 saturated heterocycles. The van der Waals surface area contributed by atoms with E-state index in [0.29, 0.717) is 12.0 Å². The molecule has 1 aromatic heterocycles. The summed E-state index contributed by atoms with van der Waals surface area (Å²) in [6.07, 6.45) is 4.14. The van der Waals surface area contributed by atoms with Crippen LogP contribution in [-0.4, -0.2) is 24.7 Å². The summed E-state index contributed by atoms with van der Waals surface area (Å²) >= 11 is 0. The normalized spacial score (nSPS) is 11.6. The molecule has 5 nitrogen and oxygen atoms in total. The summed E-state index contributed by atoms with van der Waals surface area (Å²) in [5, 5.41) is 4.28. The molecule has 1 N–H and O–H groups in total. The van der Waals surface area contributed by atoms with E-state index < -0.39 is 10.0 Å². The van der Waals surface area contributed by atoms with Gasteiger partial charge in [-0.05, 0) is 41.8 Å². The van der Waals surface area contributed by atoms with Gasteiger partial charge in [0.05, 0.1) is 17.6 Å². The first-order chi connectivity index (χ1) is 12.0. The van der Waals surface area contributed by atoms with E-state index in [-0.39, 0.29) is 18.1 Å². The lowest BCUT2D eigenvalue weighted by molar-refractivity contribution is 0.580. The number of rotatable bonds is 7. The number of hydrogen-bond donors (Lipinski definition) is 1. The number of aromatic nitrogens is 2. The maximum Gasteiger partial charge on any atom is 0.215 e. The van der Waals surface area contributed by atoms with Crippen LogP contribution in [0.3, 0.4) is 0 Å². The summed E-state index contributed by atoms with van der Waals surface area (Å²) in [5.41, 5.74) is 2.43. The van der Waals surface area contributed by atoms with Crippen LogP contribution in [0, 0.1) is 5.82 Å². The van der Waals surface area contributed by atoms with Crippen LogP contribution < -0.4 is 4.72 Å². The van der Waals surface area contributed by atoms with Crippen LogP contribution in [0.15, 0.2) is 67.0 Å². The van der Waals surface area contributed by atoms with Crippen molar-refractivity contribution in [2.75, 3.05) is 6.54 Å². The highest BCUT2D eigenvalue weighted by atomic mass is 32.2. The predicted molar refractivity (Wildman–Crippen MR) is 94.3 cm³/mol. The molecular formula is C18H18FN3O2S. The van der Waals surface area contributed by atoms with Crippen LogP contribution in [0.25, 0.3) is 5.69 Å². The zero-order valence-corrected chi connectivity index (χ0v) is 14.3. The van der Waals surface area contributed by atoms with Gasteiger partial charge in [-0.15, -0.1) is 0 Å². The van der Waals surface area contributed by atoms with Crippen molar-refractivity contribution >= 4 is 10.0 Å². The summed E-state index contributed by atoms with van der Waals surface area (Å²) in [7, 11) is -3.46. The van der Waals surface area contributed by atoms with E-state index in [0.717, 1.165) is 11.3 Å². The highest BCUT2D eigenvalue weighted by Crippen LogP contribution is 2.09. The number of nitrogens with zero attached hydrogens (tertiary/aromatic N) is 2. The summed E-state index contributed by atoms with van der Waals surface area (Å²) in [4.78, 5) is 0. The molecule has 1 heterocycles. The minimum atomic E-state index is -3.46. The molecule has 25 heavy (non-hydrogen) atoms.